The van der Waals surface area contributed by atoms with Crippen molar-refractivity contribution >= 4 is 5.91 Å². The zero-order valence-electron chi connectivity index (χ0n) is 21.0. The summed E-state index contributed by atoms with van der Waals surface area (Å²) in [5.41, 5.74) is 3.18. The first-order chi connectivity index (χ1) is 17.6. The number of ether oxygens (including phenoxy) is 4. The van der Waals surface area contributed by atoms with Gasteiger partial charge in [0.1, 0.15) is 18.3 Å². The van der Waals surface area contributed by atoms with E-state index in [1.807, 2.05) is 91.0 Å². The lowest BCUT2D eigenvalue weighted by atomic mass is 9.90. The fraction of sp³-hybridized carbons (Fsp3) is 0.367. The summed E-state index contributed by atoms with van der Waals surface area (Å²) in [6.45, 7) is 1.83. The summed E-state index contributed by atoms with van der Waals surface area (Å²) in [5.74, 6) is -0.514. The van der Waals surface area contributed by atoms with Gasteiger partial charge in [0.05, 0.1) is 39.0 Å². The molecule has 36 heavy (non-hydrogen) atoms. The molecule has 0 bridgehead atoms. The van der Waals surface area contributed by atoms with Gasteiger partial charge in [0, 0.05) is 14.1 Å². The summed E-state index contributed by atoms with van der Waals surface area (Å²) in [6.07, 6.45) is -1.33. The first-order valence-corrected chi connectivity index (χ1v) is 12.4. The number of benzene rings is 3. The Morgan fingerprint density at radius 1 is 0.750 bits per heavy atom. The Kier molecular flexibility index (Phi) is 9.64. The maximum atomic E-state index is 13.1. The minimum Gasteiger partial charge on any atom is -0.374 e. The van der Waals surface area contributed by atoms with Gasteiger partial charge in [-0.1, -0.05) is 91.0 Å². The number of carbonyl (C=O) groups excluding carboxylic acids is 1. The first-order valence-electron chi connectivity index (χ1n) is 12.4. The lowest BCUT2D eigenvalue weighted by Gasteiger charge is -2.42. The van der Waals surface area contributed by atoms with Crippen molar-refractivity contribution in [2.75, 3.05) is 27.3 Å². The Bertz CT molecular complexity index is 1040. The zero-order chi connectivity index (χ0) is 25.2. The van der Waals surface area contributed by atoms with Gasteiger partial charge in [-0.05, 0) is 16.7 Å². The van der Waals surface area contributed by atoms with Crippen LogP contribution in [0.5, 0.6) is 0 Å². The molecule has 6 heteroatoms. The van der Waals surface area contributed by atoms with Crippen LogP contribution in [0.2, 0.25) is 0 Å². The van der Waals surface area contributed by atoms with E-state index in [1.54, 1.807) is 19.0 Å². The molecule has 4 rings (SSSR count). The maximum Gasteiger partial charge on any atom is 0.230 e. The minimum absolute atomic E-state index is 0.0370. The highest BCUT2D eigenvalue weighted by Gasteiger charge is 2.46. The maximum absolute atomic E-state index is 13.1. The van der Waals surface area contributed by atoms with Crippen LogP contribution >= 0.6 is 0 Å². The molecule has 1 aliphatic heterocycles. The summed E-state index contributed by atoms with van der Waals surface area (Å²) < 4.78 is 25.1. The van der Waals surface area contributed by atoms with Crippen LogP contribution in [0.15, 0.2) is 91.0 Å². The van der Waals surface area contributed by atoms with Crippen molar-refractivity contribution in [2.45, 2.75) is 38.1 Å². The molecular weight excluding hydrogens is 454 g/mol. The normalized spacial score (nSPS) is 21.7. The van der Waals surface area contributed by atoms with Crippen LogP contribution in [0.1, 0.15) is 16.7 Å². The van der Waals surface area contributed by atoms with E-state index in [1.165, 1.54) is 0 Å². The molecule has 0 radical (unpaired) electrons. The van der Waals surface area contributed by atoms with Crippen LogP contribution in [-0.4, -0.2) is 56.4 Å². The molecule has 1 heterocycles. The summed E-state index contributed by atoms with van der Waals surface area (Å²) >= 11 is 0. The number of nitrogens with zero attached hydrogens (tertiary/aromatic N) is 1. The molecule has 1 amide bonds. The third-order valence-electron chi connectivity index (χ3n) is 6.30. The van der Waals surface area contributed by atoms with Gasteiger partial charge in [-0.15, -0.1) is 0 Å². The molecule has 6 nitrogen and oxygen atoms in total. The predicted octanol–water partition coefficient (Wildman–Crippen LogP) is 4.48. The van der Waals surface area contributed by atoms with Gasteiger partial charge in [0.25, 0.3) is 0 Å². The van der Waals surface area contributed by atoms with Crippen LogP contribution in [0.3, 0.4) is 0 Å². The summed E-state index contributed by atoms with van der Waals surface area (Å²) in [7, 11) is 3.51. The fourth-order valence-electron chi connectivity index (χ4n) is 4.36. The van der Waals surface area contributed by atoms with Crippen molar-refractivity contribution in [1.29, 1.82) is 0 Å². The van der Waals surface area contributed by atoms with Crippen molar-refractivity contribution in [3.05, 3.63) is 108 Å². The van der Waals surface area contributed by atoms with Crippen LogP contribution in [0.25, 0.3) is 0 Å². The van der Waals surface area contributed by atoms with Gasteiger partial charge >= 0.3 is 0 Å². The molecule has 3 aromatic rings. The lowest BCUT2D eigenvalue weighted by molar-refractivity contribution is -0.221. The standard InChI is InChI=1S/C30H35NO5/c1-31(2)30(32)26-21-34-27(22-33-18-23-12-6-3-7-13-23)29(36-20-25-16-10-5-11-17-25)28(26)35-19-24-14-8-4-9-15-24/h3-17,26-29H,18-22H2,1-2H3/t26-,27-,28-,29+/m1/s1. The summed E-state index contributed by atoms with van der Waals surface area (Å²) in [6, 6.07) is 30.0. The molecule has 4 atom stereocenters. The summed E-state index contributed by atoms with van der Waals surface area (Å²) in [4.78, 5) is 14.7. The van der Waals surface area contributed by atoms with Crippen molar-refractivity contribution in [3.8, 4) is 0 Å². The van der Waals surface area contributed by atoms with E-state index < -0.39 is 18.1 Å². The monoisotopic (exact) mass is 489 g/mol. The molecular formula is C30H35NO5. The molecule has 0 spiro atoms. The molecule has 0 N–H and O–H groups in total. The summed E-state index contributed by atoms with van der Waals surface area (Å²) in [5, 5.41) is 0. The number of rotatable bonds is 11. The molecule has 0 saturated carbocycles. The second kappa shape index (κ2) is 13.3. The second-order valence-electron chi connectivity index (χ2n) is 9.23. The Hall–Kier alpha value is -3.03. The van der Waals surface area contributed by atoms with Crippen LogP contribution in [0, 0.1) is 5.92 Å². The molecule has 0 aromatic heterocycles. The van der Waals surface area contributed by atoms with Crippen molar-refractivity contribution < 1.29 is 23.7 Å². The highest BCUT2D eigenvalue weighted by atomic mass is 16.6. The number of amides is 1. The SMILES string of the molecule is CN(C)C(=O)[C@@H]1CO[C@H](COCc2ccccc2)[C@H](OCc2ccccc2)[C@@H]1OCc1ccccc1. The minimum atomic E-state index is -0.483. The molecule has 1 saturated heterocycles. The number of carbonyl (C=O) groups is 1. The van der Waals surface area contributed by atoms with Crippen molar-refractivity contribution in [2.24, 2.45) is 5.92 Å². The molecule has 190 valence electrons. The first kappa shape index (κ1) is 26.0. The molecule has 1 fully saturated rings. The molecule has 3 aromatic carbocycles. The van der Waals surface area contributed by atoms with Crippen molar-refractivity contribution in [1.82, 2.24) is 4.90 Å². The van der Waals surface area contributed by atoms with Gasteiger partial charge in [-0.3, -0.25) is 4.79 Å². The fourth-order valence-corrected chi connectivity index (χ4v) is 4.36. The Balaban J connectivity index is 1.52. The highest BCUT2D eigenvalue weighted by molar-refractivity contribution is 5.79. The topological polar surface area (TPSA) is 57.2 Å². The van der Waals surface area contributed by atoms with E-state index in [0.29, 0.717) is 26.4 Å². The van der Waals surface area contributed by atoms with Gasteiger partial charge in [0.15, 0.2) is 0 Å². The van der Waals surface area contributed by atoms with E-state index in [4.69, 9.17) is 18.9 Å². The molecule has 0 aliphatic carbocycles. The third kappa shape index (κ3) is 7.24. The molecule has 1 aliphatic rings. The van der Waals surface area contributed by atoms with Gasteiger partial charge in [-0.2, -0.15) is 0 Å². The van der Waals surface area contributed by atoms with Crippen LogP contribution in [-0.2, 0) is 43.6 Å². The quantitative estimate of drug-likeness (QED) is 0.398. The molecule has 0 unspecified atom stereocenters. The Morgan fingerprint density at radius 3 is 1.72 bits per heavy atom. The van der Waals surface area contributed by atoms with E-state index in [-0.39, 0.29) is 18.6 Å². The third-order valence-corrected chi connectivity index (χ3v) is 6.30. The van der Waals surface area contributed by atoms with E-state index in [9.17, 15) is 4.79 Å². The van der Waals surface area contributed by atoms with E-state index >= 15 is 0 Å². The van der Waals surface area contributed by atoms with Gasteiger partial charge < -0.3 is 23.8 Å². The highest BCUT2D eigenvalue weighted by Crippen LogP contribution is 2.29. The smallest absolute Gasteiger partial charge is 0.230 e. The number of hydrogen-bond acceptors (Lipinski definition) is 5. The average molecular weight is 490 g/mol. The van der Waals surface area contributed by atoms with Crippen molar-refractivity contribution in [3.63, 3.8) is 0 Å². The zero-order valence-corrected chi connectivity index (χ0v) is 21.0. The van der Waals surface area contributed by atoms with Crippen LogP contribution in [0.4, 0.5) is 0 Å². The van der Waals surface area contributed by atoms with E-state index in [0.717, 1.165) is 16.7 Å². The average Bonchev–Trinajstić information content (AvgIpc) is 2.92. The Morgan fingerprint density at radius 2 is 1.22 bits per heavy atom. The van der Waals surface area contributed by atoms with E-state index in [2.05, 4.69) is 0 Å². The van der Waals surface area contributed by atoms with Crippen LogP contribution < -0.4 is 0 Å². The second-order valence-corrected chi connectivity index (χ2v) is 9.23. The van der Waals surface area contributed by atoms with Gasteiger partial charge in [-0.25, -0.2) is 0 Å². The Labute approximate surface area is 213 Å². The lowest BCUT2D eigenvalue weighted by Crippen LogP contribution is -2.57. The predicted molar refractivity (Wildman–Crippen MR) is 138 cm³/mol. The largest absolute Gasteiger partial charge is 0.374 e. The van der Waals surface area contributed by atoms with Gasteiger partial charge in [0.2, 0.25) is 5.91 Å². The number of hydrogen-bond donors (Lipinski definition) is 0.